The van der Waals surface area contributed by atoms with E-state index in [2.05, 4.69) is 4.98 Å². The summed E-state index contributed by atoms with van der Waals surface area (Å²) >= 11 is 11.5. The summed E-state index contributed by atoms with van der Waals surface area (Å²) in [5, 5.41) is 0.575. The molecule has 72 valence electrons. The van der Waals surface area contributed by atoms with Crippen LogP contribution in [0.3, 0.4) is 0 Å². The lowest BCUT2D eigenvalue weighted by atomic mass is 10.3. The van der Waals surface area contributed by atoms with Crippen LogP contribution in [0.1, 0.15) is 19.4 Å². The standard InChI is InChI=1S/C9H11Cl2NO/c1-6(2)13-9-3-7(4-10)8(11)5-12-9/h3,5-6H,4H2,1-2H3. The van der Waals surface area contributed by atoms with Crippen LogP contribution in [0.5, 0.6) is 5.88 Å². The van der Waals surface area contributed by atoms with Crippen LogP contribution in [0.4, 0.5) is 0 Å². The molecular weight excluding hydrogens is 209 g/mol. The van der Waals surface area contributed by atoms with Gasteiger partial charge in [0.2, 0.25) is 5.88 Å². The van der Waals surface area contributed by atoms with Crippen LogP contribution >= 0.6 is 23.2 Å². The van der Waals surface area contributed by atoms with Gasteiger partial charge in [-0.2, -0.15) is 0 Å². The van der Waals surface area contributed by atoms with E-state index in [1.54, 1.807) is 12.3 Å². The Morgan fingerprint density at radius 2 is 2.23 bits per heavy atom. The molecule has 0 radical (unpaired) electrons. The van der Waals surface area contributed by atoms with Crippen LogP contribution in [-0.2, 0) is 5.88 Å². The van der Waals surface area contributed by atoms with Crippen molar-refractivity contribution >= 4 is 23.2 Å². The van der Waals surface area contributed by atoms with Gasteiger partial charge < -0.3 is 4.74 Å². The average molecular weight is 220 g/mol. The number of ether oxygens (including phenoxy) is 1. The number of pyridine rings is 1. The Labute approximate surface area is 87.8 Å². The van der Waals surface area contributed by atoms with Gasteiger partial charge in [0.25, 0.3) is 0 Å². The van der Waals surface area contributed by atoms with E-state index < -0.39 is 0 Å². The Morgan fingerprint density at radius 3 is 2.77 bits per heavy atom. The molecule has 0 bridgehead atoms. The molecule has 0 aliphatic heterocycles. The predicted molar refractivity (Wildman–Crippen MR) is 54.6 cm³/mol. The number of hydrogen-bond acceptors (Lipinski definition) is 2. The third-order valence-corrected chi connectivity index (χ3v) is 2.04. The van der Waals surface area contributed by atoms with Gasteiger partial charge in [0.1, 0.15) is 0 Å². The fourth-order valence-electron chi connectivity index (χ4n) is 0.867. The maximum Gasteiger partial charge on any atom is 0.213 e. The second kappa shape index (κ2) is 4.68. The lowest BCUT2D eigenvalue weighted by Gasteiger charge is -2.09. The predicted octanol–water partition coefficient (Wildman–Crippen LogP) is 3.26. The second-order valence-electron chi connectivity index (χ2n) is 2.91. The minimum Gasteiger partial charge on any atom is -0.475 e. The van der Waals surface area contributed by atoms with Crippen LogP contribution in [0, 0.1) is 0 Å². The van der Waals surface area contributed by atoms with Crippen molar-refractivity contribution in [3.05, 3.63) is 22.8 Å². The number of nitrogens with zero attached hydrogens (tertiary/aromatic N) is 1. The van der Waals surface area contributed by atoms with E-state index in [0.29, 0.717) is 16.8 Å². The fourth-order valence-corrected chi connectivity index (χ4v) is 1.33. The van der Waals surface area contributed by atoms with E-state index in [9.17, 15) is 0 Å². The molecule has 13 heavy (non-hydrogen) atoms. The second-order valence-corrected chi connectivity index (χ2v) is 3.59. The SMILES string of the molecule is CC(C)Oc1cc(CCl)c(Cl)cn1. The quantitative estimate of drug-likeness (QED) is 0.729. The molecule has 1 heterocycles. The summed E-state index contributed by atoms with van der Waals surface area (Å²) < 4.78 is 5.38. The summed E-state index contributed by atoms with van der Waals surface area (Å²) in [4.78, 5) is 4.01. The zero-order valence-electron chi connectivity index (χ0n) is 7.55. The number of hydrogen-bond donors (Lipinski definition) is 0. The normalized spacial score (nSPS) is 10.5. The first-order valence-corrected chi connectivity index (χ1v) is 4.91. The van der Waals surface area contributed by atoms with Gasteiger partial charge in [0.05, 0.1) is 11.1 Å². The highest BCUT2D eigenvalue weighted by molar-refractivity contribution is 6.32. The highest BCUT2D eigenvalue weighted by Gasteiger charge is 2.04. The van der Waals surface area contributed by atoms with Gasteiger partial charge in [-0.1, -0.05) is 11.6 Å². The Hall–Kier alpha value is -0.470. The Bertz CT molecular complexity index is 289. The molecule has 0 saturated carbocycles. The number of halogens is 2. The average Bonchev–Trinajstić information content (AvgIpc) is 2.07. The monoisotopic (exact) mass is 219 g/mol. The summed E-state index contributed by atoms with van der Waals surface area (Å²) in [5.74, 6) is 0.936. The summed E-state index contributed by atoms with van der Waals surface area (Å²) in [7, 11) is 0. The van der Waals surface area contributed by atoms with Gasteiger partial charge in [-0.15, -0.1) is 11.6 Å². The maximum atomic E-state index is 5.83. The molecule has 1 aromatic rings. The Morgan fingerprint density at radius 1 is 1.54 bits per heavy atom. The van der Waals surface area contributed by atoms with E-state index in [1.807, 2.05) is 13.8 Å². The molecule has 0 amide bonds. The van der Waals surface area contributed by atoms with Crippen LogP contribution < -0.4 is 4.74 Å². The fraction of sp³-hybridized carbons (Fsp3) is 0.444. The van der Waals surface area contributed by atoms with E-state index in [-0.39, 0.29) is 6.10 Å². The van der Waals surface area contributed by atoms with Gasteiger partial charge in [-0.25, -0.2) is 4.98 Å². The molecule has 4 heteroatoms. The molecule has 0 atom stereocenters. The maximum absolute atomic E-state index is 5.83. The molecular formula is C9H11Cl2NO. The van der Waals surface area contributed by atoms with Crippen LogP contribution in [0.2, 0.25) is 5.02 Å². The lowest BCUT2D eigenvalue weighted by molar-refractivity contribution is 0.232. The number of rotatable bonds is 3. The summed E-state index contributed by atoms with van der Waals surface area (Å²) in [6.45, 7) is 3.88. The molecule has 0 aliphatic carbocycles. The van der Waals surface area contributed by atoms with Crippen molar-refractivity contribution in [2.75, 3.05) is 0 Å². The van der Waals surface area contributed by atoms with Gasteiger partial charge in [0, 0.05) is 18.1 Å². The Balaban J connectivity index is 2.86. The molecule has 1 aromatic heterocycles. The van der Waals surface area contributed by atoms with Crippen molar-refractivity contribution < 1.29 is 4.74 Å². The van der Waals surface area contributed by atoms with Gasteiger partial charge >= 0.3 is 0 Å². The van der Waals surface area contributed by atoms with Crippen molar-refractivity contribution in [2.45, 2.75) is 25.8 Å². The van der Waals surface area contributed by atoms with Gasteiger partial charge in [-0.3, -0.25) is 0 Å². The molecule has 0 unspecified atom stereocenters. The van der Waals surface area contributed by atoms with Crippen LogP contribution in [0.25, 0.3) is 0 Å². The highest BCUT2D eigenvalue weighted by atomic mass is 35.5. The molecule has 2 nitrogen and oxygen atoms in total. The lowest BCUT2D eigenvalue weighted by Crippen LogP contribution is -2.07. The zero-order valence-corrected chi connectivity index (χ0v) is 9.06. The molecule has 0 aliphatic rings. The van der Waals surface area contributed by atoms with Crippen molar-refractivity contribution in [3.8, 4) is 5.88 Å². The number of aromatic nitrogens is 1. The summed E-state index contributed by atoms with van der Waals surface area (Å²) in [6.07, 6.45) is 1.66. The first-order chi connectivity index (χ1) is 6.13. The van der Waals surface area contributed by atoms with Crippen LogP contribution in [-0.4, -0.2) is 11.1 Å². The number of alkyl halides is 1. The third kappa shape index (κ3) is 3.05. The van der Waals surface area contributed by atoms with E-state index >= 15 is 0 Å². The largest absolute Gasteiger partial charge is 0.475 e. The van der Waals surface area contributed by atoms with E-state index in [1.165, 1.54) is 0 Å². The Kier molecular flexibility index (Phi) is 3.82. The first kappa shape index (κ1) is 10.6. The van der Waals surface area contributed by atoms with Crippen molar-refractivity contribution in [1.29, 1.82) is 0 Å². The molecule has 0 fully saturated rings. The van der Waals surface area contributed by atoms with Crippen molar-refractivity contribution in [3.63, 3.8) is 0 Å². The van der Waals surface area contributed by atoms with Crippen LogP contribution in [0.15, 0.2) is 12.3 Å². The molecule has 0 spiro atoms. The van der Waals surface area contributed by atoms with E-state index in [0.717, 1.165) is 5.56 Å². The topological polar surface area (TPSA) is 22.1 Å². The van der Waals surface area contributed by atoms with E-state index in [4.69, 9.17) is 27.9 Å². The van der Waals surface area contributed by atoms with Gasteiger partial charge in [-0.05, 0) is 19.4 Å². The highest BCUT2D eigenvalue weighted by Crippen LogP contribution is 2.21. The smallest absolute Gasteiger partial charge is 0.213 e. The zero-order chi connectivity index (χ0) is 9.84. The van der Waals surface area contributed by atoms with Crippen molar-refractivity contribution in [1.82, 2.24) is 4.98 Å². The summed E-state index contributed by atoms with van der Waals surface area (Å²) in [5.41, 5.74) is 0.842. The van der Waals surface area contributed by atoms with Gasteiger partial charge in [0.15, 0.2) is 0 Å². The molecule has 0 N–H and O–H groups in total. The minimum absolute atomic E-state index is 0.108. The first-order valence-electron chi connectivity index (χ1n) is 4.00. The van der Waals surface area contributed by atoms with Crippen molar-refractivity contribution in [2.24, 2.45) is 0 Å². The minimum atomic E-state index is 0.108. The summed E-state index contributed by atoms with van der Waals surface area (Å²) in [6, 6.07) is 1.76. The molecule has 0 aromatic carbocycles. The molecule has 1 rings (SSSR count). The molecule has 0 saturated heterocycles. The third-order valence-electron chi connectivity index (χ3n) is 1.41.